The van der Waals surface area contributed by atoms with Crippen LogP contribution in [0.5, 0.6) is 5.75 Å². The second kappa shape index (κ2) is 7.58. The first-order valence-electron chi connectivity index (χ1n) is 11.0. The molecule has 0 saturated carbocycles. The molecule has 0 amide bonds. The Morgan fingerprint density at radius 3 is 1.97 bits per heavy atom. The van der Waals surface area contributed by atoms with Gasteiger partial charge in [-0.25, -0.2) is 10.9 Å². The van der Waals surface area contributed by atoms with Crippen LogP contribution in [-0.4, -0.2) is 17.5 Å². The third-order valence-electron chi connectivity index (χ3n) is 6.59. The average Bonchev–Trinajstić information content (AvgIpc) is 3.46. The molecule has 0 aromatic heterocycles. The fraction of sp³-hybridized carbons (Fsp3) is 0.179. The summed E-state index contributed by atoms with van der Waals surface area (Å²) < 4.78 is 6.11. The minimum absolute atomic E-state index is 0.0913. The van der Waals surface area contributed by atoms with E-state index in [1.54, 1.807) is 0 Å². The molecule has 4 aromatic rings. The Labute approximate surface area is 185 Å². The van der Waals surface area contributed by atoms with Crippen LogP contribution >= 0.6 is 10.9 Å². The van der Waals surface area contributed by atoms with Gasteiger partial charge in [0.2, 0.25) is 0 Å². The average molecular weight is 425 g/mol. The first-order chi connectivity index (χ1) is 15.3. The molecule has 1 saturated heterocycles. The lowest BCUT2D eigenvalue weighted by atomic mass is 9.97. The zero-order valence-corrected chi connectivity index (χ0v) is 18.1. The number of fused-ring (bicyclic) bond motifs is 4. The summed E-state index contributed by atoms with van der Waals surface area (Å²) in [6.07, 6.45) is 2.66. The van der Waals surface area contributed by atoms with Crippen molar-refractivity contribution in [1.29, 1.82) is 0 Å². The third kappa shape index (κ3) is 3.07. The van der Waals surface area contributed by atoms with E-state index in [-0.39, 0.29) is 22.8 Å². The van der Waals surface area contributed by atoms with E-state index in [1.165, 1.54) is 34.6 Å². The zero-order chi connectivity index (χ0) is 20.8. The second-order valence-corrected chi connectivity index (χ2v) is 10.8. The standard InChI is InChI=1S/C28H24O2S/c29-28(27-23-13-5-1-9-19(23)20-10-2-6-14-24(20)27)30-25-15-16-26(31-17-7-8-18-31)22-12-4-3-11-21(22)25/h1-6,9-16,27,31H,7-8,17-18H2. The quantitative estimate of drug-likeness (QED) is 0.225. The molecule has 2 nitrogen and oxygen atoms in total. The summed E-state index contributed by atoms with van der Waals surface area (Å²) >= 11 is 0. The predicted octanol–water partition coefficient (Wildman–Crippen LogP) is 6.71. The summed E-state index contributed by atoms with van der Waals surface area (Å²) in [7, 11) is -0.0913. The smallest absolute Gasteiger partial charge is 0.323 e. The van der Waals surface area contributed by atoms with Crippen molar-refractivity contribution in [3.63, 3.8) is 0 Å². The summed E-state index contributed by atoms with van der Waals surface area (Å²) in [6.45, 7) is 0. The van der Waals surface area contributed by atoms with Gasteiger partial charge in [-0.1, -0.05) is 72.8 Å². The molecule has 0 N–H and O–H groups in total. The molecule has 0 spiro atoms. The molecular formula is C28H24O2S. The van der Waals surface area contributed by atoms with Crippen molar-refractivity contribution in [2.45, 2.75) is 23.7 Å². The van der Waals surface area contributed by atoms with Crippen molar-refractivity contribution in [1.82, 2.24) is 0 Å². The van der Waals surface area contributed by atoms with Gasteiger partial charge in [-0.2, -0.15) is 0 Å². The van der Waals surface area contributed by atoms with E-state index >= 15 is 0 Å². The Balaban J connectivity index is 1.40. The highest BCUT2D eigenvalue weighted by Crippen LogP contribution is 2.48. The topological polar surface area (TPSA) is 26.3 Å². The van der Waals surface area contributed by atoms with Crippen molar-refractivity contribution >= 4 is 27.6 Å². The first kappa shape index (κ1) is 18.7. The molecule has 2 aliphatic rings. The van der Waals surface area contributed by atoms with Crippen molar-refractivity contribution in [2.75, 3.05) is 11.5 Å². The van der Waals surface area contributed by atoms with Gasteiger partial charge in [-0.05, 0) is 69.0 Å². The molecular weight excluding hydrogens is 400 g/mol. The number of carbonyl (C=O) groups excluding carboxylic acids is 1. The van der Waals surface area contributed by atoms with Crippen molar-refractivity contribution in [3.8, 4) is 16.9 Å². The maximum atomic E-state index is 13.5. The normalized spacial score (nSPS) is 16.3. The Morgan fingerprint density at radius 2 is 1.29 bits per heavy atom. The Hall–Kier alpha value is -3.04. The fourth-order valence-electron chi connectivity index (χ4n) is 5.16. The van der Waals surface area contributed by atoms with Gasteiger partial charge in [0.1, 0.15) is 11.7 Å². The van der Waals surface area contributed by atoms with E-state index in [4.69, 9.17) is 4.74 Å². The largest absolute Gasteiger partial charge is 0.425 e. The van der Waals surface area contributed by atoms with E-state index in [2.05, 4.69) is 36.4 Å². The monoisotopic (exact) mass is 424 g/mol. The van der Waals surface area contributed by atoms with Gasteiger partial charge in [-0.15, -0.1) is 0 Å². The molecule has 0 atom stereocenters. The molecule has 6 rings (SSSR count). The minimum atomic E-state index is -0.384. The summed E-state index contributed by atoms with van der Waals surface area (Å²) in [4.78, 5) is 15.0. The van der Waals surface area contributed by atoms with Gasteiger partial charge in [0.05, 0.1) is 0 Å². The van der Waals surface area contributed by atoms with Crippen LogP contribution in [0.3, 0.4) is 0 Å². The number of ether oxygens (including phenoxy) is 1. The Morgan fingerprint density at radius 1 is 0.710 bits per heavy atom. The molecule has 154 valence electrons. The van der Waals surface area contributed by atoms with E-state index in [1.807, 2.05) is 48.5 Å². The Kier molecular flexibility index (Phi) is 4.57. The number of benzene rings is 4. The van der Waals surface area contributed by atoms with Gasteiger partial charge in [-0.3, -0.25) is 4.79 Å². The van der Waals surface area contributed by atoms with E-state index in [0.717, 1.165) is 27.6 Å². The fourth-order valence-corrected chi connectivity index (χ4v) is 7.89. The summed E-state index contributed by atoms with van der Waals surface area (Å²) in [5.74, 6) is 2.70. The number of hydrogen-bond acceptors (Lipinski definition) is 2. The van der Waals surface area contributed by atoms with Gasteiger partial charge in [0.25, 0.3) is 0 Å². The minimum Gasteiger partial charge on any atom is -0.425 e. The number of esters is 1. The zero-order valence-electron chi connectivity index (χ0n) is 17.3. The number of carbonyl (C=O) groups is 1. The van der Waals surface area contributed by atoms with E-state index in [0.29, 0.717) is 5.75 Å². The number of rotatable bonds is 3. The van der Waals surface area contributed by atoms with Crippen molar-refractivity contribution in [2.24, 2.45) is 0 Å². The number of hydrogen-bond donors (Lipinski definition) is 1. The highest BCUT2D eigenvalue weighted by atomic mass is 32.2. The van der Waals surface area contributed by atoms with Gasteiger partial charge in [0.15, 0.2) is 0 Å². The lowest BCUT2D eigenvalue weighted by Gasteiger charge is -2.19. The van der Waals surface area contributed by atoms with Crippen LogP contribution < -0.4 is 4.74 Å². The summed E-state index contributed by atoms with van der Waals surface area (Å²) in [5.41, 5.74) is 4.32. The van der Waals surface area contributed by atoms with Crippen LogP contribution in [0.1, 0.15) is 29.9 Å². The van der Waals surface area contributed by atoms with Crippen molar-refractivity contribution in [3.05, 3.63) is 96.1 Å². The summed E-state index contributed by atoms with van der Waals surface area (Å²) in [5, 5.41) is 2.29. The van der Waals surface area contributed by atoms with Crippen LogP contribution in [-0.2, 0) is 4.79 Å². The van der Waals surface area contributed by atoms with E-state index < -0.39 is 0 Å². The van der Waals surface area contributed by atoms with Crippen LogP contribution in [0.15, 0.2) is 89.8 Å². The maximum Gasteiger partial charge on any atom is 0.323 e. The van der Waals surface area contributed by atoms with Crippen LogP contribution in [0.2, 0.25) is 0 Å². The SMILES string of the molecule is O=C(Oc1ccc([SH]2CCCC2)c2ccccc12)C1c2ccccc2-c2ccccc21. The highest BCUT2D eigenvalue weighted by molar-refractivity contribution is 8.17. The number of thiol groups is 1. The molecule has 3 heteroatoms. The maximum absolute atomic E-state index is 13.5. The summed E-state index contributed by atoms with van der Waals surface area (Å²) in [6, 6.07) is 28.9. The third-order valence-corrected chi connectivity index (χ3v) is 9.37. The van der Waals surface area contributed by atoms with Gasteiger partial charge in [0, 0.05) is 5.39 Å². The van der Waals surface area contributed by atoms with Crippen LogP contribution in [0, 0.1) is 0 Å². The molecule has 0 radical (unpaired) electrons. The molecule has 4 aromatic carbocycles. The van der Waals surface area contributed by atoms with Gasteiger partial charge >= 0.3 is 5.97 Å². The second-order valence-electron chi connectivity index (χ2n) is 8.35. The molecule has 1 heterocycles. The lowest BCUT2D eigenvalue weighted by Crippen LogP contribution is -2.18. The Bertz CT molecular complexity index is 1260. The molecule has 31 heavy (non-hydrogen) atoms. The molecule has 1 aliphatic heterocycles. The molecule has 1 fully saturated rings. The highest BCUT2D eigenvalue weighted by Gasteiger charge is 2.35. The first-order valence-corrected chi connectivity index (χ1v) is 12.7. The van der Waals surface area contributed by atoms with E-state index in [9.17, 15) is 4.79 Å². The van der Waals surface area contributed by atoms with Gasteiger partial charge < -0.3 is 4.74 Å². The lowest BCUT2D eigenvalue weighted by molar-refractivity contribution is -0.134. The van der Waals surface area contributed by atoms with Crippen molar-refractivity contribution < 1.29 is 9.53 Å². The van der Waals surface area contributed by atoms with Crippen LogP contribution in [0.4, 0.5) is 0 Å². The molecule has 0 unspecified atom stereocenters. The van der Waals surface area contributed by atoms with Crippen LogP contribution in [0.25, 0.3) is 21.9 Å². The predicted molar refractivity (Wildman–Crippen MR) is 130 cm³/mol. The molecule has 0 bridgehead atoms. The molecule has 1 aliphatic carbocycles.